The summed E-state index contributed by atoms with van der Waals surface area (Å²) in [5.74, 6) is 0.0194. The minimum Gasteiger partial charge on any atom is -0.399 e. The molecule has 2 aliphatic heterocycles. The molecule has 6 heteroatoms. The van der Waals surface area contributed by atoms with Gasteiger partial charge in [0.05, 0.1) is 5.69 Å². The van der Waals surface area contributed by atoms with E-state index in [2.05, 4.69) is 23.1 Å². The van der Waals surface area contributed by atoms with E-state index in [1.54, 1.807) is 0 Å². The second-order valence-corrected chi connectivity index (χ2v) is 10.1. The van der Waals surface area contributed by atoms with Crippen LogP contribution in [0.2, 0.25) is 0 Å². The first kappa shape index (κ1) is 29.4. The number of nitrogens with one attached hydrogen (secondary N) is 2. The molecule has 1 aliphatic carbocycles. The van der Waals surface area contributed by atoms with E-state index < -0.39 is 0 Å². The molecule has 5 nitrogen and oxygen atoms in total. The summed E-state index contributed by atoms with van der Waals surface area (Å²) in [6, 6.07) is 27.9. The third-order valence-electron chi connectivity index (χ3n) is 7.29. The van der Waals surface area contributed by atoms with Crippen molar-refractivity contribution in [1.82, 2.24) is 10.6 Å². The van der Waals surface area contributed by atoms with Crippen LogP contribution >= 0.6 is 0 Å². The molecule has 0 bridgehead atoms. The predicted molar refractivity (Wildman–Crippen MR) is 157 cm³/mol. The summed E-state index contributed by atoms with van der Waals surface area (Å²) in [5.41, 5.74) is 11.2. The maximum absolute atomic E-state index is 13.1. The average Bonchev–Trinajstić information content (AvgIpc) is 3.19. The number of nitrogen functional groups attached to an aromatic ring is 1. The maximum atomic E-state index is 13.1. The zero-order chi connectivity index (χ0) is 26.2. The van der Waals surface area contributed by atoms with Gasteiger partial charge in [0.2, 0.25) is 0 Å². The Labute approximate surface area is 256 Å². The average molecular weight is 743 g/mol. The number of piperidine rings is 1. The Hall–Kier alpha value is -2.62. The summed E-state index contributed by atoms with van der Waals surface area (Å²) in [4.78, 5) is 14.9. The van der Waals surface area contributed by atoms with Crippen molar-refractivity contribution in [1.29, 1.82) is 0 Å². The molecule has 0 unspecified atom stereocenters. The molecule has 3 aromatic carbocycles. The van der Waals surface area contributed by atoms with Gasteiger partial charge in [0, 0.05) is 29.4 Å². The number of anilines is 2. The second kappa shape index (κ2) is 14.7. The van der Waals surface area contributed by atoms with E-state index in [1.165, 1.54) is 38.8 Å². The van der Waals surface area contributed by atoms with Gasteiger partial charge in [0.15, 0.2) is 0 Å². The van der Waals surface area contributed by atoms with Gasteiger partial charge < -0.3 is 27.7 Å². The second-order valence-electron chi connectivity index (χ2n) is 10.1. The van der Waals surface area contributed by atoms with Gasteiger partial charge in [-0.15, -0.1) is 5.56 Å². The van der Waals surface area contributed by atoms with Crippen molar-refractivity contribution in [3.05, 3.63) is 114 Å². The molecular formula is C33H36N4OU. The fraction of sp³-hybridized carbons (Fsp3) is 0.273. The molecule has 0 aromatic heterocycles. The molecule has 0 radical (unpaired) electrons. The summed E-state index contributed by atoms with van der Waals surface area (Å²) in [6.07, 6.45) is 13.4. The number of hydrogen-bond donors (Lipinski definition) is 3. The van der Waals surface area contributed by atoms with Crippen molar-refractivity contribution in [2.75, 3.05) is 23.7 Å². The number of hydrogen-bond acceptors (Lipinski definition) is 4. The third kappa shape index (κ3) is 7.96. The molecule has 2 fully saturated rings. The van der Waals surface area contributed by atoms with Crippen LogP contribution in [0.4, 0.5) is 11.4 Å². The van der Waals surface area contributed by atoms with Gasteiger partial charge in [-0.2, -0.15) is 43.2 Å². The Morgan fingerprint density at radius 1 is 1.00 bits per heavy atom. The quantitative estimate of drug-likeness (QED) is 0.180. The number of para-hydroxylation sites is 1. The van der Waals surface area contributed by atoms with Crippen LogP contribution in [0.3, 0.4) is 0 Å². The molecule has 198 valence electrons. The van der Waals surface area contributed by atoms with Crippen LogP contribution in [0.25, 0.3) is 11.6 Å². The van der Waals surface area contributed by atoms with Crippen LogP contribution in [0.5, 0.6) is 0 Å². The summed E-state index contributed by atoms with van der Waals surface area (Å²) in [5, 5.41) is 7.06. The molecular weight excluding hydrogens is 706 g/mol. The van der Waals surface area contributed by atoms with Crippen LogP contribution < -0.4 is 21.3 Å². The summed E-state index contributed by atoms with van der Waals surface area (Å²) >= 11 is 0. The van der Waals surface area contributed by atoms with Crippen molar-refractivity contribution < 1.29 is 35.9 Å². The summed E-state index contributed by atoms with van der Waals surface area (Å²) in [7, 11) is 0. The van der Waals surface area contributed by atoms with Crippen molar-refractivity contribution in [3.8, 4) is 0 Å². The van der Waals surface area contributed by atoms with Gasteiger partial charge in [-0.3, -0.25) is 4.79 Å². The number of nitrogens with two attached hydrogens (primary N) is 1. The number of rotatable bonds is 6. The summed E-state index contributed by atoms with van der Waals surface area (Å²) in [6.45, 7) is 2.95. The first-order chi connectivity index (χ1) is 18.7. The van der Waals surface area contributed by atoms with Crippen molar-refractivity contribution in [2.45, 2.75) is 44.3 Å². The Morgan fingerprint density at radius 3 is 2.41 bits per heavy atom. The van der Waals surface area contributed by atoms with Crippen LogP contribution in [0, 0.1) is 43.6 Å². The maximum Gasteiger partial charge on any atom is 2.00 e. The molecule has 0 spiro atoms. The number of carbonyl (C=O) groups excluding carboxylic acids is 1. The third-order valence-corrected chi connectivity index (χ3v) is 7.29. The summed E-state index contributed by atoms with van der Waals surface area (Å²) < 4.78 is 0. The SMILES string of the molecule is Nc1ccc(/C=C/C=C2\C(=O)N(Cc3cc[c-]cc3)c3ccccc32)cc1.[CH-]1CC(NC2CCNCC2)C1.[U+2]. The van der Waals surface area contributed by atoms with E-state index in [9.17, 15) is 4.79 Å². The predicted octanol–water partition coefficient (Wildman–Crippen LogP) is 5.41. The molecule has 4 N–H and O–H groups in total. The number of carbonyl (C=O) groups is 1. The van der Waals surface area contributed by atoms with Crippen LogP contribution in [0.1, 0.15) is 42.4 Å². The van der Waals surface area contributed by atoms with Gasteiger partial charge in [-0.25, -0.2) is 0 Å². The minimum atomic E-state index is 0. The topological polar surface area (TPSA) is 70.4 Å². The number of amides is 1. The van der Waals surface area contributed by atoms with Crippen LogP contribution in [-0.4, -0.2) is 31.1 Å². The standard InChI is InChI=1S/C24H19N2O.C9H17N2.U/c25-20-15-13-18(14-16-20)9-6-11-22-21-10-4-5-12-23(21)26(24(22)27)17-19-7-2-1-3-8-19;1-2-8(3-1)11-9-4-6-10-7-5-9;/h2-16H,17,25H2;1,8-11H,2-7H2;/q2*-1;+2/b9-6+,22-11-;;. The van der Waals surface area contributed by atoms with Gasteiger partial charge in [0.1, 0.15) is 0 Å². The fourth-order valence-corrected chi connectivity index (χ4v) is 4.99. The first-order valence-electron chi connectivity index (χ1n) is 13.6. The van der Waals surface area contributed by atoms with E-state index >= 15 is 0 Å². The van der Waals surface area contributed by atoms with E-state index in [0.717, 1.165) is 40.1 Å². The van der Waals surface area contributed by atoms with E-state index in [1.807, 2.05) is 95.9 Å². The fourth-order valence-electron chi connectivity index (χ4n) is 4.99. The Kier molecular flexibility index (Phi) is 11.1. The number of fused-ring (bicyclic) bond motifs is 1. The van der Waals surface area contributed by atoms with Crippen molar-refractivity contribution in [2.24, 2.45) is 0 Å². The van der Waals surface area contributed by atoms with E-state index in [4.69, 9.17) is 5.73 Å². The zero-order valence-corrected chi connectivity index (χ0v) is 26.4. The van der Waals surface area contributed by atoms with Crippen LogP contribution in [0.15, 0.2) is 84.9 Å². The normalized spacial score (nSPS) is 18.3. The van der Waals surface area contributed by atoms with Crippen molar-refractivity contribution in [3.63, 3.8) is 0 Å². The molecule has 2 heterocycles. The molecule has 1 saturated carbocycles. The van der Waals surface area contributed by atoms with E-state index in [0.29, 0.717) is 12.1 Å². The van der Waals surface area contributed by atoms with Crippen LogP contribution in [-0.2, 0) is 11.3 Å². The van der Waals surface area contributed by atoms with Crippen molar-refractivity contribution >= 4 is 28.9 Å². The number of benzene rings is 3. The zero-order valence-electron chi connectivity index (χ0n) is 22.3. The van der Waals surface area contributed by atoms with Gasteiger partial charge in [-0.05, 0) is 61.8 Å². The van der Waals surface area contributed by atoms with Gasteiger partial charge in [-0.1, -0.05) is 42.5 Å². The first-order valence-corrected chi connectivity index (χ1v) is 13.6. The monoisotopic (exact) mass is 742 g/mol. The minimum absolute atomic E-state index is 0. The largest absolute Gasteiger partial charge is 2.00 e. The molecule has 0 atom stereocenters. The molecule has 3 aromatic rings. The Morgan fingerprint density at radius 2 is 1.72 bits per heavy atom. The smallest absolute Gasteiger partial charge is 0.399 e. The van der Waals surface area contributed by atoms with Gasteiger partial charge >= 0.3 is 31.1 Å². The van der Waals surface area contributed by atoms with Gasteiger partial charge in [0.25, 0.3) is 5.91 Å². The number of allylic oxidation sites excluding steroid dienone is 2. The molecule has 3 aliphatic rings. The van der Waals surface area contributed by atoms with E-state index in [-0.39, 0.29) is 37.0 Å². The molecule has 1 amide bonds. The number of nitrogens with zero attached hydrogens (tertiary/aromatic N) is 1. The Bertz CT molecular complexity index is 1260. The molecule has 1 saturated heterocycles. The Balaban J connectivity index is 0.000000246. The molecule has 39 heavy (non-hydrogen) atoms. The molecule has 6 rings (SSSR count).